The van der Waals surface area contributed by atoms with Crippen LogP contribution in [0.2, 0.25) is 0 Å². The van der Waals surface area contributed by atoms with E-state index in [0.29, 0.717) is 13.0 Å². The van der Waals surface area contributed by atoms with Crippen molar-refractivity contribution in [3.63, 3.8) is 0 Å². The molecule has 172 valence electrons. The van der Waals surface area contributed by atoms with Crippen molar-refractivity contribution in [1.29, 1.82) is 0 Å². The fourth-order valence-electron chi connectivity index (χ4n) is 4.75. The molecule has 2 aromatic carbocycles. The summed E-state index contributed by atoms with van der Waals surface area (Å²) < 4.78 is 5.48. The van der Waals surface area contributed by atoms with Crippen molar-refractivity contribution >= 4 is 18.0 Å². The van der Waals surface area contributed by atoms with Gasteiger partial charge in [0.25, 0.3) is 0 Å². The van der Waals surface area contributed by atoms with E-state index in [4.69, 9.17) is 9.84 Å². The lowest BCUT2D eigenvalue weighted by Crippen LogP contribution is -2.44. The van der Waals surface area contributed by atoms with Gasteiger partial charge in [-0.1, -0.05) is 54.6 Å². The second-order valence-electron chi connectivity index (χ2n) is 8.39. The summed E-state index contributed by atoms with van der Waals surface area (Å²) in [7, 11) is 0. The summed E-state index contributed by atoms with van der Waals surface area (Å²) in [4.78, 5) is 37.3. The number of hydrogen-bond acceptors (Lipinski definition) is 4. The summed E-state index contributed by atoms with van der Waals surface area (Å²) in [6, 6.07) is 16.0. The van der Waals surface area contributed by atoms with Gasteiger partial charge in [-0.2, -0.15) is 0 Å². The van der Waals surface area contributed by atoms with Crippen LogP contribution in [0.5, 0.6) is 0 Å². The van der Waals surface area contributed by atoms with Gasteiger partial charge in [-0.05, 0) is 41.5 Å². The zero-order valence-electron chi connectivity index (χ0n) is 18.4. The zero-order chi connectivity index (χ0) is 23.2. The number of hydrogen-bond donors (Lipinski definition) is 2. The molecule has 0 bridgehead atoms. The number of benzene rings is 2. The molecular weight excluding hydrogens is 420 g/mol. The molecule has 1 saturated heterocycles. The lowest BCUT2D eigenvalue weighted by atomic mass is 9.98. The Bertz CT molecular complexity index is 1020. The van der Waals surface area contributed by atoms with E-state index >= 15 is 0 Å². The van der Waals surface area contributed by atoms with Crippen molar-refractivity contribution in [2.45, 2.75) is 37.6 Å². The molecule has 0 aromatic heterocycles. The number of carbonyl (C=O) groups excluding carboxylic acids is 2. The molecule has 2 amide bonds. The fraction of sp³-hybridized carbons (Fsp3) is 0.346. The fourth-order valence-corrected chi connectivity index (χ4v) is 4.75. The Morgan fingerprint density at radius 2 is 1.70 bits per heavy atom. The third kappa shape index (κ3) is 5.25. The van der Waals surface area contributed by atoms with E-state index in [2.05, 4.69) is 29.6 Å². The lowest BCUT2D eigenvalue weighted by molar-refractivity contribution is -0.140. The molecule has 0 unspecified atom stereocenters. The van der Waals surface area contributed by atoms with Gasteiger partial charge in [0.2, 0.25) is 5.91 Å². The third-order valence-corrected chi connectivity index (χ3v) is 6.29. The van der Waals surface area contributed by atoms with Gasteiger partial charge in [0, 0.05) is 31.1 Å². The van der Waals surface area contributed by atoms with E-state index in [1.54, 1.807) is 11.0 Å². The van der Waals surface area contributed by atoms with Crippen LogP contribution in [0.3, 0.4) is 0 Å². The first kappa shape index (κ1) is 22.6. The Labute approximate surface area is 193 Å². The van der Waals surface area contributed by atoms with Crippen LogP contribution in [0, 0.1) is 0 Å². The minimum absolute atomic E-state index is 0.00876. The lowest BCUT2D eigenvalue weighted by Gasteiger charge is -2.34. The van der Waals surface area contributed by atoms with E-state index in [-0.39, 0.29) is 37.4 Å². The number of carbonyl (C=O) groups is 3. The van der Waals surface area contributed by atoms with E-state index in [1.807, 2.05) is 24.3 Å². The number of alkyl carbamates (subject to hydrolysis) is 1. The number of piperidine rings is 1. The summed E-state index contributed by atoms with van der Waals surface area (Å²) in [5.74, 6) is -1.14. The molecule has 2 aliphatic rings. The number of amides is 2. The average molecular weight is 449 g/mol. The van der Waals surface area contributed by atoms with Gasteiger partial charge in [-0.3, -0.25) is 9.59 Å². The van der Waals surface area contributed by atoms with Crippen molar-refractivity contribution in [1.82, 2.24) is 10.2 Å². The number of ether oxygens (including phenoxy) is 1. The standard InChI is InChI=1S/C26H28N2O5/c29-24(28-15-6-5-8-18(28)16-25(30)31)13-7-14-27-26(32)33-17-23-21-11-3-1-9-19(21)20-10-2-4-12-22(20)23/h1-4,7,9-13,18,23H,5-6,8,14-17H2,(H,27,32)(H,30,31)/b13-7+/t18-/m1/s1. The molecule has 1 aliphatic carbocycles. The van der Waals surface area contributed by atoms with Crippen LogP contribution in [0.25, 0.3) is 11.1 Å². The average Bonchev–Trinajstić information content (AvgIpc) is 3.14. The molecule has 2 aromatic rings. The maximum absolute atomic E-state index is 12.5. The molecule has 2 N–H and O–H groups in total. The summed E-state index contributed by atoms with van der Waals surface area (Å²) in [6.07, 6.45) is 4.86. The van der Waals surface area contributed by atoms with Gasteiger partial charge in [0.15, 0.2) is 0 Å². The molecule has 0 spiro atoms. The number of aliphatic carboxylic acids is 1. The molecule has 7 heteroatoms. The van der Waals surface area contributed by atoms with E-state index in [1.165, 1.54) is 17.2 Å². The predicted molar refractivity (Wildman–Crippen MR) is 124 cm³/mol. The second kappa shape index (κ2) is 10.3. The van der Waals surface area contributed by atoms with E-state index in [0.717, 1.165) is 24.0 Å². The van der Waals surface area contributed by atoms with Crippen LogP contribution < -0.4 is 5.32 Å². The van der Waals surface area contributed by atoms with Gasteiger partial charge < -0.3 is 20.1 Å². The first-order valence-corrected chi connectivity index (χ1v) is 11.3. The normalized spacial score (nSPS) is 17.5. The highest BCUT2D eigenvalue weighted by atomic mass is 16.5. The maximum Gasteiger partial charge on any atom is 0.407 e. The van der Waals surface area contributed by atoms with Crippen LogP contribution in [-0.4, -0.2) is 53.7 Å². The topological polar surface area (TPSA) is 95.9 Å². The molecular formula is C26H28N2O5. The Balaban J connectivity index is 1.27. The second-order valence-corrected chi connectivity index (χ2v) is 8.39. The molecule has 1 aliphatic heterocycles. The number of carboxylic acid groups (broad SMARTS) is 1. The molecule has 1 atom stereocenters. The largest absolute Gasteiger partial charge is 0.481 e. The first-order chi connectivity index (χ1) is 16.0. The quantitative estimate of drug-likeness (QED) is 0.626. The molecule has 4 rings (SSSR count). The highest BCUT2D eigenvalue weighted by Crippen LogP contribution is 2.44. The molecule has 33 heavy (non-hydrogen) atoms. The first-order valence-electron chi connectivity index (χ1n) is 11.3. The third-order valence-electron chi connectivity index (χ3n) is 6.29. The Morgan fingerprint density at radius 3 is 2.36 bits per heavy atom. The van der Waals surface area contributed by atoms with E-state index in [9.17, 15) is 14.4 Å². The molecule has 1 heterocycles. The predicted octanol–water partition coefficient (Wildman–Crippen LogP) is 3.94. The van der Waals surface area contributed by atoms with Gasteiger partial charge >= 0.3 is 12.1 Å². The number of rotatable bonds is 7. The summed E-state index contributed by atoms with van der Waals surface area (Å²) in [5, 5.41) is 11.7. The molecule has 0 saturated carbocycles. The maximum atomic E-state index is 12.5. The van der Waals surface area contributed by atoms with Crippen LogP contribution >= 0.6 is 0 Å². The minimum atomic E-state index is -0.902. The Hall–Kier alpha value is -3.61. The number of nitrogens with one attached hydrogen (secondary N) is 1. The Kier molecular flexibility index (Phi) is 7.07. The number of carboxylic acids is 1. The SMILES string of the molecule is O=C(O)C[C@H]1CCCCN1C(=O)/C=C/CNC(=O)OCC1c2ccccc2-c2ccccc21. The van der Waals surface area contributed by atoms with Gasteiger partial charge in [-0.25, -0.2) is 4.79 Å². The summed E-state index contributed by atoms with van der Waals surface area (Å²) in [6.45, 7) is 0.938. The smallest absolute Gasteiger partial charge is 0.407 e. The zero-order valence-corrected chi connectivity index (χ0v) is 18.4. The number of nitrogens with zero attached hydrogens (tertiary/aromatic N) is 1. The van der Waals surface area contributed by atoms with E-state index < -0.39 is 12.1 Å². The van der Waals surface area contributed by atoms with Gasteiger partial charge in [0.05, 0.1) is 6.42 Å². The van der Waals surface area contributed by atoms with Crippen molar-refractivity contribution in [3.05, 3.63) is 71.8 Å². The minimum Gasteiger partial charge on any atom is -0.481 e. The van der Waals surface area contributed by atoms with Crippen LogP contribution in [0.4, 0.5) is 4.79 Å². The van der Waals surface area contributed by atoms with Gasteiger partial charge in [-0.15, -0.1) is 0 Å². The van der Waals surface area contributed by atoms with Crippen molar-refractivity contribution < 1.29 is 24.2 Å². The molecule has 7 nitrogen and oxygen atoms in total. The Morgan fingerprint density at radius 1 is 1.03 bits per heavy atom. The monoisotopic (exact) mass is 448 g/mol. The summed E-state index contributed by atoms with van der Waals surface area (Å²) in [5.41, 5.74) is 4.63. The van der Waals surface area contributed by atoms with Crippen LogP contribution in [0.15, 0.2) is 60.7 Å². The van der Waals surface area contributed by atoms with Crippen molar-refractivity contribution in [2.24, 2.45) is 0 Å². The highest BCUT2D eigenvalue weighted by molar-refractivity contribution is 5.88. The number of likely N-dealkylation sites (tertiary alicyclic amines) is 1. The van der Waals surface area contributed by atoms with Crippen molar-refractivity contribution in [2.75, 3.05) is 19.7 Å². The number of fused-ring (bicyclic) bond motifs is 3. The van der Waals surface area contributed by atoms with Crippen molar-refractivity contribution in [3.8, 4) is 11.1 Å². The summed E-state index contributed by atoms with van der Waals surface area (Å²) >= 11 is 0. The van der Waals surface area contributed by atoms with Gasteiger partial charge in [0.1, 0.15) is 6.61 Å². The molecule has 1 fully saturated rings. The molecule has 0 radical (unpaired) electrons. The van der Waals surface area contributed by atoms with Crippen LogP contribution in [0.1, 0.15) is 42.7 Å². The highest BCUT2D eigenvalue weighted by Gasteiger charge is 2.29. The van der Waals surface area contributed by atoms with Crippen LogP contribution in [-0.2, 0) is 14.3 Å².